The average molecular weight is 299 g/mol. The summed E-state index contributed by atoms with van der Waals surface area (Å²) in [4.78, 5) is 26.4. The van der Waals surface area contributed by atoms with Crippen LogP contribution in [-0.2, 0) is 4.74 Å². The third-order valence-corrected chi connectivity index (χ3v) is 2.91. The lowest BCUT2D eigenvalue weighted by atomic mass is 10.1. The molecule has 2 aromatic rings. The first-order valence-electron chi connectivity index (χ1n) is 6.30. The van der Waals surface area contributed by atoms with E-state index in [-0.39, 0.29) is 11.3 Å². The molecule has 0 fully saturated rings. The topological polar surface area (TPSA) is 96.2 Å². The number of aromatic hydroxyl groups is 1. The lowest BCUT2D eigenvalue weighted by molar-refractivity contribution is 0.0599. The summed E-state index contributed by atoms with van der Waals surface area (Å²) in [6, 6.07) is 10.6. The van der Waals surface area contributed by atoms with Gasteiger partial charge >= 0.3 is 11.9 Å². The number of carboxylic acids is 1. The highest BCUT2D eigenvalue weighted by atomic mass is 16.5. The van der Waals surface area contributed by atoms with Gasteiger partial charge in [0.05, 0.1) is 18.4 Å². The van der Waals surface area contributed by atoms with Gasteiger partial charge in [0.2, 0.25) is 0 Å². The van der Waals surface area contributed by atoms with E-state index < -0.39 is 11.9 Å². The maximum atomic E-state index is 11.3. The van der Waals surface area contributed by atoms with Crippen molar-refractivity contribution in [3.05, 3.63) is 59.2 Å². The molecule has 0 saturated carbocycles. The summed E-state index contributed by atoms with van der Waals surface area (Å²) in [6.07, 6.45) is 1.53. The highest BCUT2D eigenvalue weighted by molar-refractivity contribution is 5.93. The summed E-state index contributed by atoms with van der Waals surface area (Å²) >= 11 is 0. The molecular formula is C16H13NO5. The summed E-state index contributed by atoms with van der Waals surface area (Å²) in [5, 5.41) is 18.3. The van der Waals surface area contributed by atoms with Crippen LogP contribution in [0.5, 0.6) is 5.75 Å². The van der Waals surface area contributed by atoms with Crippen molar-refractivity contribution in [1.29, 1.82) is 0 Å². The predicted molar refractivity (Wildman–Crippen MR) is 80.1 cm³/mol. The molecule has 0 heterocycles. The monoisotopic (exact) mass is 299 g/mol. The molecule has 0 saturated heterocycles. The zero-order chi connectivity index (χ0) is 16.1. The number of aromatic carboxylic acids is 1. The number of benzene rings is 2. The fourth-order valence-electron chi connectivity index (χ4n) is 1.75. The van der Waals surface area contributed by atoms with Crippen LogP contribution in [0.2, 0.25) is 0 Å². The lowest BCUT2D eigenvalue weighted by Crippen LogP contribution is -2.00. The molecule has 0 atom stereocenters. The van der Waals surface area contributed by atoms with E-state index in [1.807, 2.05) is 0 Å². The Bertz CT molecular complexity index is 735. The highest BCUT2D eigenvalue weighted by Crippen LogP contribution is 2.23. The summed E-state index contributed by atoms with van der Waals surface area (Å²) < 4.78 is 4.60. The Morgan fingerprint density at radius 1 is 1.14 bits per heavy atom. The van der Waals surface area contributed by atoms with Gasteiger partial charge in [-0.3, -0.25) is 4.99 Å². The van der Waals surface area contributed by atoms with Crippen LogP contribution >= 0.6 is 0 Å². The molecule has 0 amide bonds. The fraction of sp³-hybridized carbons (Fsp3) is 0.0625. The minimum absolute atomic E-state index is 0.212. The third kappa shape index (κ3) is 3.49. The second-order valence-electron chi connectivity index (χ2n) is 4.38. The number of nitrogens with zero attached hydrogens (tertiary/aromatic N) is 1. The van der Waals surface area contributed by atoms with Crippen molar-refractivity contribution in [1.82, 2.24) is 0 Å². The van der Waals surface area contributed by atoms with E-state index in [4.69, 9.17) is 5.11 Å². The Morgan fingerprint density at radius 3 is 2.41 bits per heavy atom. The van der Waals surface area contributed by atoms with Gasteiger partial charge < -0.3 is 14.9 Å². The van der Waals surface area contributed by atoms with Crippen molar-refractivity contribution < 1.29 is 24.5 Å². The summed E-state index contributed by atoms with van der Waals surface area (Å²) in [5.41, 5.74) is 1.35. The second-order valence-corrected chi connectivity index (χ2v) is 4.38. The van der Waals surface area contributed by atoms with E-state index in [1.165, 1.54) is 31.5 Å². The lowest BCUT2D eigenvalue weighted by Gasteiger charge is -2.01. The van der Waals surface area contributed by atoms with E-state index >= 15 is 0 Å². The summed E-state index contributed by atoms with van der Waals surface area (Å²) in [7, 11) is 1.31. The molecule has 6 nitrogen and oxygen atoms in total. The molecule has 0 bridgehead atoms. The Morgan fingerprint density at radius 2 is 1.82 bits per heavy atom. The van der Waals surface area contributed by atoms with Gasteiger partial charge in [0, 0.05) is 6.21 Å². The van der Waals surface area contributed by atoms with Gasteiger partial charge in [-0.25, -0.2) is 9.59 Å². The van der Waals surface area contributed by atoms with Gasteiger partial charge in [0.25, 0.3) is 0 Å². The number of methoxy groups -OCH3 is 1. The zero-order valence-corrected chi connectivity index (χ0v) is 11.7. The van der Waals surface area contributed by atoms with Gasteiger partial charge in [-0.1, -0.05) is 12.1 Å². The minimum atomic E-state index is -1.23. The van der Waals surface area contributed by atoms with Crippen LogP contribution in [0.1, 0.15) is 26.3 Å². The van der Waals surface area contributed by atoms with E-state index in [1.54, 1.807) is 24.3 Å². The van der Waals surface area contributed by atoms with E-state index in [2.05, 4.69) is 9.73 Å². The number of carboxylic acid groups (broad SMARTS) is 1. The molecule has 0 aromatic heterocycles. The van der Waals surface area contributed by atoms with E-state index in [0.717, 1.165) is 5.56 Å². The number of ether oxygens (including phenoxy) is 1. The van der Waals surface area contributed by atoms with Crippen LogP contribution in [-0.4, -0.2) is 35.5 Å². The van der Waals surface area contributed by atoms with E-state index in [0.29, 0.717) is 11.3 Å². The summed E-state index contributed by atoms with van der Waals surface area (Å²) in [6.45, 7) is 0. The number of aliphatic imine (C=N–C) groups is 1. The number of hydrogen-bond donors (Lipinski definition) is 2. The van der Waals surface area contributed by atoms with Crippen LogP contribution < -0.4 is 0 Å². The molecular weight excluding hydrogens is 286 g/mol. The van der Waals surface area contributed by atoms with Crippen LogP contribution in [0.15, 0.2) is 47.5 Å². The van der Waals surface area contributed by atoms with Gasteiger partial charge in [0.1, 0.15) is 11.3 Å². The third-order valence-electron chi connectivity index (χ3n) is 2.91. The predicted octanol–water partition coefficient (Wildman–Crippen LogP) is 2.63. The van der Waals surface area contributed by atoms with Crippen molar-refractivity contribution >= 4 is 23.8 Å². The Kier molecular flexibility index (Phi) is 4.53. The second kappa shape index (κ2) is 6.53. The molecule has 0 spiro atoms. The number of carbonyl (C=O) groups excluding carboxylic acids is 1. The molecule has 2 aromatic carbocycles. The standard InChI is InChI=1S/C16H13NO5/c1-22-16(21)11-4-2-10(3-5-11)9-17-12-6-7-14(18)13(8-12)15(19)20/h2-9,18H,1H3,(H,19,20). The number of carbonyl (C=O) groups is 2. The number of esters is 1. The molecule has 0 aliphatic heterocycles. The fourth-order valence-corrected chi connectivity index (χ4v) is 1.75. The first-order chi connectivity index (χ1) is 10.5. The Labute approximate surface area is 126 Å². The maximum absolute atomic E-state index is 11.3. The molecule has 2 rings (SSSR count). The van der Waals surface area contributed by atoms with Crippen molar-refractivity contribution in [3.63, 3.8) is 0 Å². The first kappa shape index (κ1) is 15.2. The summed E-state index contributed by atoms with van der Waals surface area (Å²) in [5.74, 6) is -1.96. The zero-order valence-electron chi connectivity index (χ0n) is 11.7. The van der Waals surface area contributed by atoms with Gasteiger partial charge in [-0.2, -0.15) is 0 Å². The molecule has 0 unspecified atom stereocenters. The van der Waals surface area contributed by atoms with Crippen LogP contribution in [0.4, 0.5) is 5.69 Å². The van der Waals surface area contributed by atoms with Crippen LogP contribution in [0.25, 0.3) is 0 Å². The normalized spacial score (nSPS) is 10.6. The maximum Gasteiger partial charge on any atom is 0.339 e. The number of phenols is 1. The molecule has 0 aliphatic rings. The first-order valence-corrected chi connectivity index (χ1v) is 6.30. The van der Waals surface area contributed by atoms with Crippen LogP contribution in [0.3, 0.4) is 0 Å². The van der Waals surface area contributed by atoms with Crippen molar-refractivity contribution in [2.75, 3.05) is 7.11 Å². The Hall–Kier alpha value is -3.15. The molecule has 22 heavy (non-hydrogen) atoms. The van der Waals surface area contributed by atoms with Crippen molar-refractivity contribution in [2.24, 2.45) is 4.99 Å². The minimum Gasteiger partial charge on any atom is -0.507 e. The number of rotatable bonds is 4. The molecule has 6 heteroatoms. The van der Waals surface area contributed by atoms with E-state index in [9.17, 15) is 14.7 Å². The molecule has 2 N–H and O–H groups in total. The number of hydrogen-bond acceptors (Lipinski definition) is 5. The Balaban J connectivity index is 2.20. The van der Waals surface area contributed by atoms with Crippen LogP contribution in [0, 0.1) is 0 Å². The van der Waals surface area contributed by atoms with Gasteiger partial charge in [0.15, 0.2) is 0 Å². The quantitative estimate of drug-likeness (QED) is 0.668. The van der Waals surface area contributed by atoms with Crippen molar-refractivity contribution in [2.45, 2.75) is 0 Å². The SMILES string of the molecule is COC(=O)c1ccc(C=Nc2ccc(O)c(C(=O)O)c2)cc1. The van der Waals surface area contributed by atoms with Crippen molar-refractivity contribution in [3.8, 4) is 5.75 Å². The highest BCUT2D eigenvalue weighted by Gasteiger charge is 2.09. The average Bonchev–Trinajstić information content (AvgIpc) is 2.53. The van der Waals surface area contributed by atoms with Gasteiger partial charge in [-0.15, -0.1) is 0 Å². The van der Waals surface area contributed by atoms with Gasteiger partial charge in [-0.05, 0) is 35.9 Å². The largest absolute Gasteiger partial charge is 0.507 e. The smallest absolute Gasteiger partial charge is 0.339 e. The molecule has 0 radical (unpaired) electrons. The molecule has 0 aliphatic carbocycles. The molecule has 112 valence electrons.